The standard InChI is InChI=1S/C12H19NO3/c1-9-6-10(4-5-12(9)16-3)13(2)11(7-14)8-15/h4-6,11,14-15H,7-8H2,1-3H3. The first-order valence-electron chi connectivity index (χ1n) is 5.23. The van der Waals surface area contributed by atoms with E-state index in [1.807, 2.05) is 37.1 Å². The van der Waals surface area contributed by atoms with E-state index < -0.39 is 0 Å². The van der Waals surface area contributed by atoms with Gasteiger partial charge in [0, 0.05) is 12.7 Å². The molecule has 0 radical (unpaired) electrons. The van der Waals surface area contributed by atoms with Crippen LogP contribution in [0.3, 0.4) is 0 Å². The van der Waals surface area contributed by atoms with E-state index in [2.05, 4.69) is 0 Å². The summed E-state index contributed by atoms with van der Waals surface area (Å²) in [5.41, 5.74) is 1.98. The Morgan fingerprint density at radius 2 is 1.94 bits per heavy atom. The third-order valence-electron chi connectivity index (χ3n) is 2.75. The molecule has 0 saturated heterocycles. The maximum atomic E-state index is 9.10. The molecule has 0 heterocycles. The van der Waals surface area contributed by atoms with Gasteiger partial charge in [0.25, 0.3) is 0 Å². The third kappa shape index (κ3) is 2.65. The van der Waals surface area contributed by atoms with Gasteiger partial charge in [0.05, 0.1) is 26.4 Å². The molecule has 0 aliphatic rings. The lowest BCUT2D eigenvalue weighted by Gasteiger charge is -2.27. The van der Waals surface area contributed by atoms with Gasteiger partial charge in [-0.3, -0.25) is 0 Å². The van der Waals surface area contributed by atoms with Gasteiger partial charge in [0.1, 0.15) is 5.75 Å². The van der Waals surface area contributed by atoms with Gasteiger partial charge in [0.15, 0.2) is 0 Å². The molecule has 0 aliphatic carbocycles. The fourth-order valence-electron chi connectivity index (χ4n) is 1.60. The first-order chi connectivity index (χ1) is 7.63. The second-order valence-electron chi connectivity index (χ2n) is 3.78. The van der Waals surface area contributed by atoms with E-state index in [1.54, 1.807) is 7.11 Å². The first kappa shape index (κ1) is 12.8. The van der Waals surface area contributed by atoms with Crippen LogP contribution in [0, 0.1) is 6.92 Å². The first-order valence-corrected chi connectivity index (χ1v) is 5.23. The number of benzene rings is 1. The number of ether oxygens (including phenoxy) is 1. The van der Waals surface area contributed by atoms with Crippen LogP contribution in [-0.2, 0) is 0 Å². The molecule has 1 aromatic carbocycles. The van der Waals surface area contributed by atoms with Crippen LogP contribution in [0.2, 0.25) is 0 Å². The second-order valence-corrected chi connectivity index (χ2v) is 3.78. The minimum atomic E-state index is -0.271. The smallest absolute Gasteiger partial charge is 0.121 e. The van der Waals surface area contributed by atoms with Crippen molar-refractivity contribution in [1.82, 2.24) is 0 Å². The molecule has 0 aliphatic heterocycles. The number of likely N-dealkylation sites (N-methyl/N-ethyl adjacent to an activating group) is 1. The molecular weight excluding hydrogens is 206 g/mol. The van der Waals surface area contributed by atoms with E-state index in [1.165, 1.54) is 0 Å². The SMILES string of the molecule is COc1ccc(N(C)C(CO)CO)cc1C. The molecule has 0 fully saturated rings. The number of anilines is 1. The van der Waals surface area contributed by atoms with Gasteiger partial charge in [0.2, 0.25) is 0 Å². The Bertz CT molecular complexity index is 337. The molecule has 90 valence electrons. The summed E-state index contributed by atoms with van der Waals surface area (Å²) in [6, 6.07) is 5.49. The molecule has 0 saturated carbocycles. The molecule has 0 aromatic heterocycles. The van der Waals surface area contributed by atoms with Gasteiger partial charge in [-0.2, -0.15) is 0 Å². The number of aryl methyl sites for hydroxylation is 1. The van der Waals surface area contributed by atoms with Crippen LogP contribution >= 0.6 is 0 Å². The summed E-state index contributed by atoms with van der Waals surface area (Å²) in [7, 11) is 3.48. The lowest BCUT2D eigenvalue weighted by atomic mass is 10.1. The maximum Gasteiger partial charge on any atom is 0.121 e. The zero-order chi connectivity index (χ0) is 12.1. The van der Waals surface area contributed by atoms with Crippen molar-refractivity contribution >= 4 is 5.69 Å². The molecule has 0 bridgehead atoms. The predicted molar refractivity (Wildman–Crippen MR) is 64.1 cm³/mol. The maximum absolute atomic E-state index is 9.10. The number of nitrogens with zero attached hydrogens (tertiary/aromatic N) is 1. The number of aliphatic hydroxyl groups excluding tert-OH is 2. The van der Waals surface area contributed by atoms with Crippen molar-refractivity contribution in [2.75, 3.05) is 32.3 Å². The quantitative estimate of drug-likeness (QED) is 0.778. The van der Waals surface area contributed by atoms with E-state index in [4.69, 9.17) is 14.9 Å². The highest BCUT2D eigenvalue weighted by atomic mass is 16.5. The van der Waals surface area contributed by atoms with Crippen LogP contribution in [0.4, 0.5) is 5.69 Å². The summed E-state index contributed by atoms with van der Waals surface area (Å²) in [6.07, 6.45) is 0. The number of hydrogen-bond acceptors (Lipinski definition) is 4. The Hall–Kier alpha value is -1.26. The van der Waals surface area contributed by atoms with Crippen LogP contribution in [0.1, 0.15) is 5.56 Å². The van der Waals surface area contributed by atoms with Crippen molar-refractivity contribution in [3.05, 3.63) is 23.8 Å². The summed E-state index contributed by atoms with van der Waals surface area (Å²) in [5, 5.41) is 18.2. The number of hydrogen-bond donors (Lipinski definition) is 2. The van der Waals surface area contributed by atoms with Crippen molar-refractivity contribution in [2.45, 2.75) is 13.0 Å². The number of aliphatic hydroxyl groups is 2. The van der Waals surface area contributed by atoms with E-state index in [0.29, 0.717) is 0 Å². The molecule has 16 heavy (non-hydrogen) atoms. The largest absolute Gasteiger partial charge is 0.496 e. The van der Waals surface area contributed by atoms with E-state index in [-0.39, 0.29) is 19.3 Å². The molecular formula is C12H19NO3. The minimum absolute atomic E-state index is 0.0714. The molecule has 1 aromatic rings. The fraction of sp³-hybridized carbons (Fsp3) is 0.500. The molecule has 4 nitrogen and oxygen atoms in total. The summed E-state index contributed by atoms with van der Waals surface area (Å²) >= 11 is 0. The lowest BCUT2D eigenvalue weighted by Crippen LogP contribution is -2.37. The van der Waals surface area contributed by atoms with Crippen molar-refractivity contribution in [2.24, 2.45) is 0 Å². The summed E-state index contributed by atoms with van der Waals surface area (Å²) in [4.78, 5) is 1.85. The van der Waals surface area contributed by atoms with Crippen LogP contribution in [0.5, 0.6) is 5.75 Å². The predicted octanol–water partition coefficient (Wildman–Crippen LogP) is 0.793. The zero-order valence-electron chi connectivity index (χ0n) is 9.97. The molecule has 2 N–H and O–H groups in total. The molecule has 0 amide bonds. The Kier molecular flexibility index (Phi) is 4.58. The van der Waals surface area contributed by atoms with Crippen LogP contribution in [0.15, 0.2) is 18.2 Å². The minimum Gasteiger partial charge on any atom is -0.496 e. The molecule has 4 heteroatoms. The average molecular weight is 225 g/mol. The van der Waals surface area contributed by atoms with Crippen LogP contribution < -0.4 is 9.64 Å². The van der Waals surface area contributed by atoms with Crippen LogP contribution in [0.25, 0.3) is 0 Å². The normalized spacial score (nSPS) is 10.6. The highest BCUT2D eigenvalue weighted by Gasteiger charge is 2.13. The molecule has 0 spiro atoms. The zero-order valence-corrected chi connectivity index (χ0v) is 9.97. The van der Waals surface area contributed by atoms with Gasteiger partial charge in [-0.05, 0) is 30.7 Å². The van der Waals surface area contributed by atoms with Gasteiger partial charge < -0.3 is 19.8 Å². The molecule has 0 unspecified atom stereocenters. The summed E-state index contributed by atoms with van der Waals surface area (Å²) in [5.74, 6) is 0.835. The van der Waals surface area contributed by atoms with E-state index in [0.717, 1.165) is 17.0 Å². The fourth-order valence-corrected chi connectivity index (χ4v) is 1.60. The Morgan fingerprint density at radius 3 is 2.38 bits per heavy atom. The number of methoxy groups -OCH3 is 1. The van der Waals surface area contributed by atoms with Crippen molar-refractivity contribution < 1.29 is 14.9 Å². The average Bonchev–Trinajstić information content (AvgIpc) is 2.30. The van der Waals surface area contributed by atoms with Gasteiger partial charge >= 0.3 is 0 Å². The Labute approximate surface area is 96.1 Å². The Morgan fingerprint density at radius 1 is 1.31 bits per heavy atom. The highest BCUT2D eigenvalue weighted by Crippen LogP contribution is 2.24. The third-order valence-corrected chi connectivity index (χ3v) is 2.75. The highest BCUT2D eigenvalue weighted by molar-refractivity contribution is 5.53. The van der Waals surface area contributed by atoms with Gasteiger partial charge in [-0.15, -0.1) is 0 Å². The van der Waals surface area contributed by atoms with Gasteiger partial charge in [-0.25, -0.2) is 0 Å². The lowest BCUT2D eigenvalue weighted by molar-refractivity contribution is 0.191. The van der Waals surface area contributed by atoms with E-state index >= 15 is 0 Å². The second kappa shape index (κ2) is 5.72. The van der Waals surface area contributed by atoms with Crippen molar-refractivity contribution in [3.63, 3.8) is 0 Å². The molecule has 1 rings (SSSR count). The summed E-state index contributed by atoms with van der Waals surface area (Å²) in [6.45, 7) is 1.82. The summed E-state index contributed by atoms with van der Waals surface area (Å²) < 4.78 is 5.18. The van der Waals surface area contributed by atoms with Crippen molar-refractivity contribution in [3.8, 4) is 5.75 Å². The number of rotatable bonds is 5. The monoisotopic (exact) mass is 225 g/mol. The van der Waals surface area contributed by atoms with Crippen molar-refractivity contribution in [1.29, 1.82) is 0 Å². The van der Waals surface area contributed by atoms with Gasteiger partial charge in [-0.1, -0.05) is 0 Å². The van der Waals surface area contributed by atoms with E-state index in [9.17, 15) is 0 Å². The molecule has 0 atom stereocenters. The Balaban J connectivity index is 2.91. The van der Waals surface area contributed by atoms with Crippen LogP contribution in [-0.4, -0.2) is 43.6 Å². The topological polar surface area (TPSA) is 52.9 Å².